The van der Waals surface area contributed by atoms with E-state index in [1.165, 1.54) is 11.3 Å². The fourth-order valence-electron chi connectivity index (χ4n) is 4.78. The Labute approximate surface area is 165 Å². The number of aryl methyl sites for hydroxylation is 2. The third-order valence-corrected chi connectivity index (χ3v) is 6.19. The summed E-state index contributed by atoms with van der Waals surface area (Å²) in [6.07, 6.45) is 2.37. The van der Waals surface area contributed by atoms with Crippen molar-refractivity contribution >= 4 is 23.2 Å². The van der Waals surface area contributed by atoms with Crippen LogP contribution in [0.1, 0.15) is 33.5 Å². The molecule has 5 heteroatoms. The summed E-state index contributed by atoms with van der Waals surface area (Å²) >= 11 is 0. The molecule has 0 bridgehead atoms. The summed E-state index contributed by atoms with van der Waals surface area (Å²) in [5.41, 5.74) is 6.51. The highest BCUT2D eigenvalue weighted by Crippen LogP contribution is 2.37. The first-order valence-electron chi connectivity index (χ1n) is 10.2. The molecule has 1 saturated heterocycles. The third kappa shape index (κ3) is 2.86. The summed E-state index contributed by atoms with van der Waals surface area (Å²) in [6.45, 7) is 6.06. The van der Waals surface area contributed by atoms with Crippen LogP contribution < -0.4 is 9.80 Å². The maximum absolute atomic E-state index is 13.2. The molecule has 0 aliphatic carbocycles. The Bertz CT molecular complexity index is 960. The molecular weight excluding hydrogens is 350 g/mol. The van der Waals surface area contributed by atoms with Crippen LogP contribution in [-0.2, 0) is 17.6 Å². The molecule has 0 aromatic heterocycles. The van der Waals surface area contributed by atoms with Crippen LogP contribution in [0.2, 0.25) is 0 Å². The molecule has 5 rings (SSSR count). The van der Waals surface area contributed by atoms with Gasteiger partial charge in [0, 0.05) is 44.0 Å². The van der Waals surface area contributed by atoms with Crippen LogP contribution in [0.25, 0.3) is 0 Å². The van der Waals surface area contributed by atoms with Crippen molar-refractivity contribution in [1.29, 1.82) is 0 Å². The van der Waals surface area contributed by atoms with Gasteiger partial charge in [-0.3, -0.25) is 9.59 Å². The zero-order valence-electron chi connectivity index (χ0n) is 16.3. The number of hydrogen-bond donors (Lipinski definition) is 0. The summed E-state index contributed by atoms with van der Waals surface area (Å²) in [5, 5.41) is 0. The van der Waals surface area contributed by atoms with E-state index in [0.29, 0.717) is 6.42 Å². The Balaban J connectivity index is 1.33. The standard InChI is InChI=1S/C23H25N3O2/c1-16-4-2-6-20(12-16)24-8-10-25(11-9-24)23(28)19-13-17-5-3-7-26-21(27)15-18(14-19)22(17)26/h2,4,6,12-14H,3,5,7-11,15H2,1H3. The molecule has 0 atom stereocenters. The van der Waals surface area contributed by atoms with Crippen LogP contribution in [-0.4, -0.2) is 49.4 Å². The van der Waals surface area contributed by atoms with E-state index in [1.807, 2.05) is 21.9 Å². The van der Waals surface area contributed by atoms with E-state index in [2.05, 4.69) is 36.1 Å². The highest BCUT2D eigenvalue weighted by Gasteiger charge is 2.33. The predicted molar refractivity (Wildman–Crippen MR) is 110 cm³/mol. The van der Waals surface area contributed by atoms with Crippen molar-refractivity contribution in [3.63, 3.8) is 0 Å². The van der Waals surface area contributed by atoms with Gasteiger partial charge in [-0.1, -0.05) is 12.1 Å². The summed E-state index contributed by atoms with van der Waals surface area (Å²) in [5.74, 6) is 0.270. The van der Waals surface area contributed by atoms with Gasteiger partial charge in [0.2, 0.25) is 5.91 Å². The first-order valence-corrected chi connectivity index (χ1v) is 10.2. The third-order valence-electron chi connectivity index (χ3n) is 6.19. The van der Waals surface area contributed by atoms with Crippen molar-refractivity contribution in [2.45, 2.75) is 26.2 Å². The maximum Gasteiger partial charge on any atom is 0.253 e. The van der Waals surface area contributed by atoms with E-state index >= 15 is 0 Å². The Hall–Kier alpha value is -2.82. The number of benzene rings is 2. The molecule has 3 heterocycles. The summed E-state index contributed by atoms with van der Waals surface area (Å²) in [7, 11) is 0. The van der Waals surface area contributed by atoms with Crippen molar-refractivity contribution < 1.29 is 9.59 Å². The van der Waals surface area contributed by atoms with Gasteiger partial charge in [-0.15, -0.1) is 0 Å². The molecule has 5 nitrogen and oxygen atoms in total. The van der Waals surface area contributed by atoms with Crippen LogP contribution in [0.4, 0.5) is 11.4 Å². The first-order chi connectivity index (χ1) is 13.6. The molecule has 3 aliphatic heterocycles. The number of hydrogen-bond acceptors (Lipinski definition) is 3. The highest BCUT2D eigenvalue weighted by molar-refractivity contribution is 6.04. The van der Waals surface area contributed by atoms with Crippen LogP contribution in [0.3, 0.4) is 0 Å². The quantitative estimate of drug-likeness (QED) is 0.811. The van der Waals surface area contributed by atoms with E-state index in [4.69, 9.17) is 0 Å². The number of anilines is 2. The van der Waals surface area contributed by atoms with E-state index in [-0.39, 0.29) is 11.8 Å². The number of nitrogens with zero attached hydrogens (tertiary/aromatic N) is 3. The maximum atomic E-state index is 13.2. The predicted octanol–water partition coefficient (Wildman–Crippen LogP) is 2.79. The van der Waals surface area contributed by atoms with Gasteiger partial charge in [0.25, 0.3) is 5.91 Å². The summed E-state index contributed by atoms with van der Waals surface area (Å²) in [4.78, 5) is 31.6. The Morgan fingerprint density at radius 3 is 2.54 bits per heavy atom. The lowest BCUT2D eigenvalue weighted by Gasteiger charge is -2.36. The lowest BCUT2D eigenvalue weighted by Crippen LogP contribution is -2.48. The number of carbonyl (C=O) groups excluding carboxylic acids is 2. The molecule has 28 heavy (non-hydrogen) atoms. The number of carbonyl (C=O) groups is 2. The second-order valence-electron chi connectivity index (χ2n) is 8.09. The average molecular weight is 375 g/mol. The molecule has 0 saturated carbocycles. The SMILES string of the molecule is Cc1cccc(N2CCN(C(=O)c3cc4c5c(c3)CC(=O)N5CCC4)CC2)c1. The minimum atomic E-state index is 0.0967. The number of amides is 2. The Morgan fingerprint density at radius 2 is 1.75 bits per heavy atom. The van der Waals surface area contributed by atoms with Gasteiger partial charge in [-0.25, -0.2) is 0 Å². The Kier molecular flexibility index (Phi) is 4.11. The number of rotatable bonds is 2. The molecular formula is C23H25N3O2. The summed E-state index contributed by atoms with van der Waals surface area (Å²) < 4.78 is 0. The van der Waals surface area contributed by atoms with E-state index < -0.39 is 0 Å². The second-order valence-corrected chi connectivity index (χ2v) is 8.09. The molecule has 2 aromatic carbocycles. The first kappa shape index (κ1) is 17.3. The smallest absolute Gasteiger partial charge is 0.253 e. The van der Waals surface area contributed by atoms with Gasteiger partial charge in [0.05, 0.1) is 12.1 Å². The molecule has 1 fully saturated rings. The van der Waals surface area contributed by atoms with Crippen molar-refractivity contribution in [2.75, 3.05) is 42.5 Å². The molecule has 144 valence electrons. The van der Waals surface area contributed by atoms with Gasteiger partial charge >= 0.3 is 0 Å². The zero-order valence-corrected chi connectivity index (χ0v) is 16.3. The average Bonchev–Trinajstić information content (AvgIpc) is 3.04. The van der Waals surface area contributed by atoms with Gasteiger partial charge in [0.15, 0.2) is 0 Å². The highest BCUT2D eigenvalue weighted by atomic mass is 16.2. The molecule has 3 aliphatic rings. The molecule has 0 unspecified atom stereocenters. The lowest BCUT2D eigenvalue weighted by molar-refractivity contribution is -0.117. The van der Waals surface area contributed by atoms with Crippen LogP contribution >= 0.6 is 0 Å². The molecule has 2 aromatic rings. The van der Waals surface area contributed by atoms with Crippen molar-refractivity contribution in [3.05, 3.63) is 58.7 Å². The minimum absolute atomic E-state index is 0.0967. The van der Waals surface area contributed by atoms with E-state index in [1.54, 1.807) is 0 Å². The van der Waals surface area contributed by atoms with Crippen LogP contribution in [0.15, 0.2) is 36.4 Å². The topological polar surface area (TPSA) is 43.9 Å². The molecule has 0 spiro atoms. The van der Waals surface area contributed by atoms with E-state index in [9.17, 15) is 9.59 Å². The number of piperazine rings is 1. The normalized spacial score (nSPS) is 18.5. The Morgan fingerprint density at radius 1 is 0.964 bits per heavy atom. The van der Waals surface area contributed by atoms with Gasteiger partial charge in [0.1, 0.15) is 0 Å². The molecule has 0 radical (unpaired) electrons. The van der Waals surface area contributed by atoms with Gasteiger partial charge in [-0.2, -0.15) is 0 Å². The summed E-state index contributed by atoms with van der Waals surface area (Å²) in [6, 6.07) is 12.5. The van der Waals surface area contributed by atoms with Gasteiger partial charge in [-0.05, 0) is 60.7 Å². The minimum Gasteiger partial charge on any atom is -0.368 e. The van der Waals surface area contributed by atoms with Crippen molar-refractivity contribution in [1.82, 2.24) is 4.90 Å². The van der Waals surface area contributed by atoms with Crippen molar-refractivity contribution in [2.24, 2.45) is 0 Å². The van der Waals surface area contributed by atoms with E-state index in [0.717, 1.165) is 67.9 Å². The monoisotopic (exact) mass is 375 g/mol. The van der Waals surface area contributed by atoms with Gasteiger partial charge < -0.3 is 14.7 Å². The fraction of sp³-hybridized carbons (Fsp3) is 0.391. The van der Waals surface area contributed by atoms with Crippen LogP contribution in [0, 0.1) is 6.92 Å². The molecule has 0 N–H and O–H groups in total. The van der Waals surface area contributed by atoms with Crippen molar-refractivity contribution in [3.8, 4) is 0 Å². The van der Waals surface area contributed by atoms with Crippen LogP contribution in [0.5, 0.6) is 0 Å². The zero-order chi connectivity index (χ0) is 19.3. The second kappa shape index (κ2) is 6.66. The lowest BCUT2D eigenvalue weighted by atomic mass is 9.96. The molecule has 2 amide bonds. The largest absolute Gasteiger partial charge is 0.368 e. The fourth-order valence-corrected chi connectivity index (χ4v) is 4.78.